The van der Waals surface area contributed by atoms with E-state index in [1.165, 1.54) is 44.5 Å². The smallest absolute Gasteiger partial charge is 0.132 e. The Balaban J connectivity index is 1.29. The van der Waals surface area contributed by atoms with Crippen LogP contribution in [0, 0.1) is 0 Å². The van der Waals surface area contributed by atoms with Gasteiger partial charge in [0.1, 0.15) is 11.5 Å². The van der Waals surface area contributed by atoms with Crippen LogP contribution in [0.5, 0.6) is 11.5 Å². The highest BCUT2D eigenvalue weighted by molar-refractivity contribution is 5.87. The molecular formula is C50H34O. The number of benzene rings is 8. The van der Waals surface area contributed by atoms with Crippen LogP contribution in [0.3, 0.4) is 0 Å². The molecule has 1 aliphatic heterocycles. The molecule has 1 heteroatoms. The molecule has 0 atom stereocenters. The van der Waals surface area contributed by atoms with Gasteiger partial charge in [-0.2, -0.15) is 0 Å². The van der Waals surface area contributed by atoms with Crippen LogP contribution in [-0.4, -0.2) is 0 Å². The van der Waals surface area contributed by atoms with Crippen LogP contribution in [0.25, 0.3) is 22.3 Å². The summed E-state index contributed by atoms with van der Waals surface area (Å²) in [6.45, 7) is 0. The van der Waals surface area contributed by atoms with Gasteiger partial charge in [-0.3, -0.25) is 0 Å². The molecule has 1 heterocycles. The van der Waals surface area contributed by atoms with E-state index in [1.807, 2.05) is 0 Å². The van der Waals surface area contributed by atoms with Crippen LogP contribution in [0.4, 0.5) is 0 Å². The van der Waals surface area contributed by atoms with Crippen molar-refractivity contribution in [3.05, 3.63) is 251 Å². The number of rotatable bonds is 5. The molecule has 240 valence electrons. The van der Waals surface area contributed by atoms with Crippen molar-refractivity contribution in [3.8, 4) is 33.8 Å². The first-order chi connectivity index (χ1) is 25.3. The van der Waals surface area contributed by atoms with E-state index < -0.39 is 10.8 Å². The Morgan fingerprint density at radius 3 is 1.33 bits per heavy atom. The van der Waals surface area contributed by atoms with Gasteiger partial charge in [-0.25, -0.2) is 0 Å². The molecule has 0 bridgehead atoms. The van der Waals surface area contributed by atoms with Gasteiger partial charge in [0.25, 0.3) is 0 Å². The molecule has 2 aliphatic rings. The summed E-state index contributed by atoms with van der Waals surface area (Å²) in [5, 5.41) is 0. The molecule has 8 aromatic rings. The first-order valence-electron chi connectivity index (χ1n) is 17.7. The minimum Gasteiger partial charge on any atom is -0.457 e. The van der Waals surface area contributed by atoms with Crippen molar-refractivity contribution in [1.82, 2.24) is 0 Å². The summed E-state index contributed by atoms with van der Waals surface area (Å²) >= 11 is 0. The van der Waals surface area contributed by atoms with Crippen molar-refractivity contribution in [2.45, 2.75) is 10.8 Å². The molecule has 10 rings (SSSR count). The Morgan fingerprint density at radius 1 is 0.294 bits per heavy atom. The summed E-state index contributed by atoms with van der Waals surface area (Å²) in [4.78, 5) is 0. The topological polar surface area (TPSA) is 9.23 Å². The van der Waals surface area contributed by atoms with Crippen molar-refractivity contribution in [3.63, 3.8) is 0 Å². The van der Waals surface area contributed by atoms with E-state index in [2.05, 4.69) is 206 Å². The highest BCUT2D eigenvalue weighted by atomic mass is 16.5. The predicted octanol–water partition coefficient (Wildman–Crippen LogP) is 12.2. The second-order valence-corrected chi connectivity index (χ2v) is 13.5. The molecule has 0 saturated carbocycles. The second kappa shape index (κ2) is 11.6. The summed E-state index contributed by atoms with van der Waals surface area (Å²) in [6.07, 6.45) is 0. The van der Waals surface area contributed by atoms with E-state index in [0.717, 1.165) is 33.8 Å². The zero-order valence-corrected chi connectivity index (χ0v) is 28.0. The minimum absolute atomic E-state index is 0.488. The van der Waals surface area contributed by atoms with Gasteiger partial charge in [0.05, 0.1) is 10.8 Å². The maximum absolute atomic E-state index is 6.85. The number of ether oxygens (including phenoxy) is 1. The lowest BCUT2D eigenvalue weighted by Crippen LogP contribution is -2.34. The molecule has 0 spiro atoms. The van der Waals surface area contributed by atoms with Gasteiger partial charge in [-0.15, -0.1) is 0 Å². The molecule has 0 N–H and O–H groups in total. The van der Waals surface area contributed by atoms with Crippen LogP contribution in [0.1, 0.15) is 44.5 Å². The van der Waals surface area contributed by atoms with Crippen LogP contribution in [0.15, 0.2) is 206 Å². The number of fused-ring (bicyclic) bond motifs is 5. The molecule has 1 nitrogen and oxygen atoms in total. The third-order valence-electron chi connectivity index (χ3n) is 11.1. The third kappa shape index (κ3) is 4.16. The number of para-hydroxylation sites is 1. The minimum atomic E-state index is -0.622. The predicted molar refractivity (Wildman–Crippen MR) is 208 cm³/mol. The van der Waals surface area contributed by atoms with Crippen molar-refractivity contribution in [2.75, 3.05) is 0 Å². The van der Waals surface area contributed by atoms with E-state index in [-0.39, 0.29) is 0 Å². The fraction of sp³-hybridized carbons (Fsp3) is 0.0400. The zero-order valence-electron chi connectivity index (χ0n) is 28.0. The highest BCUT2D eigenvalue weighted by Crippen LogP contribution is 2.59. The fourth-order valence-electron chi connectivity index (χ4n) is 9.14. The number of hydrogen-bond acceptors (Lipinski definition) is 1. The van der Waals surface area contributed by atoms with Gasteiger partial charge >= 0.3 is 0 Å². The van der Waals surface area contributed by atoms with E-state index in [1.54, 1.807) is 0 Å². The van der Waals surface area contributed by atoms with E-state index in [0.29, 0.717) is 0 Å². The van der Waals surface area contributed by atoms with Gasteiger partial charge in [0, 0.05) is 11.1 Å². The van der Waals surface area contributed by atoms with E-state index in [4.69, 9.17) is 4.74 Å². The van der Waals surface area contributed by atoms with Gasteiger partial charge < -0.3 is 4.74 Å². The first-order valence-corrected chi connectivity index (χ1v) is 17.7. The maximum atomic E-state index is 6.85. The lowest BCUT2D eigenvalue weighted by atomic mass is 9.62. The normalized spacial score (nSPS) is 14.4. The van der Waals surface area contributed by atoms with Gasteiger partial charge in [0.2, 0.25) is 0 Å². The van der Waals surface area contributed by atoms with E-state index >= 15 is 0 Å². The average Bonchev–Trinajstić information content (AvgIpc) is 3.52. The average molecular weight is 651 g/mol. The molecule has 0 saturated heterocycles. The summed E-state index contributed by atoms with van der Waals surface area (Å²) in [7, 11) is 0. The molecule has 0 unspecified atom stereocenters. The molecule has 0 fully saturated rings. The Morgan fingerprint density at radius 2 is 0.725 bits per heavy atom. The molecule has 0 amide bonds. The molecule has 0 aromatic heterocycles. The van der Waals surface area contributed by atoms with Crippen LogP contribution in [0.2, 0.25) is 0 Å². The van der Waals surface area contributed by atoms with Gasteiger partial charge in [0.15, 0.2) is 0 Å². The Kier molecular flexibility index (Phi) is 6.69. The largest absolute Gasteiger partial charge is 0.457 e. The third-order valence-corrected chi connectivity index (χ3v) is 11.1. The summed E-state index contributed by atoms with van der Waals surface area (Å²) in [5.41, 5.74) is 13.6. The summed E-state index contributed by atoms with van der Waals surface area (Å²) in [5.74, 6) is 1.75. The van der Waals surface area contributed by atoms with Crippen molar-refractivity contribution < 1.29 is 4.74 Å². The fourth-order valence-corrected chi connectivity index (χ4v) is 9.14. The monoisotopic (exact) mass is 650 g/mol. The second-order valence-electron chi connectivity index (χ2n) is 13.5. The molecule has 51 heavy (non-hydrogen) atoms. The summed E-state index contributed by atoms with van der Waals surface area (Å²) in [6, 6.07) is 75.1. The Labute approximate surface area is 299 Å². The van der Waals surface area contributed by atoms with Crippen LogP contribution >= 0.6 is 0 Å². The SMILES string of the molecule is c1ccc(C2(c3cccc(-c4cccc5c4C(c4ccccc4)(c4ccccc4)c4ccccc4O5)c3)c3ccccc3-c3ccccc32)cc1. The quantitative estimate of drug-likeness (QED) is 0.180. The van der Waals surface area contributed by atoms with Crippen molar-refractivity contribution in [2.24, 2.45) is 0 Å². The Bertz CT molecular complexity index is 2460. The van der Waals surface area contributed by atoms with Crippen molar-refractivity contribution >= 4 is 0 Å². The maximum Gasteiger partial charge on any atom is 0.132 e. The molecule has 0 radical (unpaired) electrons. The highest BCUT2D eigenvalue weighted by Gasteiger charge is 2.48. The van der Waals surface area contributed by atoms with Crippen LogP contribution < -0.4 is 4.74 Å². The Hall–Kier alpha value is -6.44. The molecule has 1 aliphatic carbocycles. The van der Waals surface area contributed by atoms with Gasteiger partial charge in [-0.1, -0.05) is 188 Å². The van der Waals surface area contributed by atoms with E-state index in [9.17, 15) is 0 Å². The zero-order chi connectivity index (χ0) is 33.8. The molecule has 8 aromatic carbocycles. The standard InChI is InChI=1S/C50H34O/c1-4-19-36(20-5-1)49(43-29-12-10-26-41(43)42-27-11-13-30-44(42)49)39-25-16-18-35(34-39)40-28-17-33-47-48(40)50(37-21-6-2-7-22-37,38-23-8-3-9-24-38)45-31-14-15-32-46(45)51-47/h1-34H. The van der Waals surface area contributed by atoms with Crippen LogP contribution in [-0.2, 0) is 10.8 Å². The summed E-state index contributed by atoms with van der Waals surface area (Å²) < 4.78 is 6.85. The lowest BCUT2D eigenvalue weighted by Gasteiger charge is -2.43. The number of hydrogen-bond donors (Lipinski definition) is 0. The van der Waals surface area contributed by atoms with Gasteiger partial charge in [-0.05, 0) is 73.8 Å². The molecular weight excluding hydrogens is 617 g/mol. The first kappa shape index (κ1) is 29.5. The van der Waals surface area contributed by atoms with Crippen molar-refractivity contribution in [1.29, 1.82) is 0 Å². The lowest BCUT2D eigenvalue weighted by molar-refractivity contribution is 0.435.